The molecule has 0 bridgehead atoms. The number of benzene rings is 1. The van der Waals surface area contributed by atoms with Crippen molar-refractivity contribution in [2.75, 3.05) is 11.9 Å². The van der Waals surface area contributed by atoms with E-state index in [9.17, 15) is 0 Å². The second-order valence-electron chi connectivity index (χ2n) is 2.62. The van der Waals surface area contributed by atoms with Crippen molar-refractivity contribution in [2.45, 2.75) is 0 Å². The summed E-state index contributed by atoms with van der Waals surface area (Å²) in [7, 11) is 1.71. The van der Waals surface area contributed by atoms with Crippen LogP contribution < -0.4 is 4.90 Å². The predicted octanol–water partition coefficient (Wildman–Crippen LogP) is 2.21. The fourth-order valence-corrected chi connectivity index (χ4v) is 1.93. The predicted molar refractivity (Wildman–Crippen MR) is 53.6 cm³/mol. The lowest BCUT2D eigenvalue weighted by Crippen LogP contribution is -2.06. The molecular formula is C9H7N3S. The van der Waals surface area contributed by atoms with Gasteiger partial charge >= 0.3 is 0 Å². The highest BCUT2D eigenvalue weighted by atomic mass is 32.1. The van der Waals surface area contributed by atoms with Gasteiger partial charge in [0.15, 0.2) is 11.3 Å². The number of rotatable bonds is 1. The molecule has 0 radical (unpaired) electrons. The molecule has 0 aliphatic heterocycles. The van der Waals surface area contributed by atoms with Crippen molar-refractivity contribution in [2.24, 2.45) is 0 Å². The zero-order valence-corrected chi connectivity index (χ0v) is 7.88. The third-order valence-electron chi connectivity index (χ3n) is 1.72. The van der Waals surface area contributed by atoms with Crippen molar-refractivity contribution in [1.82, 2.24) is 4.98 Å². The van der Waals surface area contributed by atoms with E-state index in [0.717, 1.165) is 15.3 Å². The molecule has 0 saturated heterocycles. The summed E-state index contributed by atoms with van der Waals surface area (Å²) >= 11 is 1.52. The molecule has 13 heavy (non-hydrogen) atoms. The highest BCUT2D eigenvalue weighted by Crippen LogP contribution is 2.27. The van der Waals surface area contributed by atoms with Gasteiger partial charge in [0, 0.05) is 7.05 Å². The zero-order valence-electron chi connectivity index (χ0n) is 7.06. The quantitative estimate of drug-likeness (QED) is 0.510. The minimum Gasteiger partial charge on any atom is -0.258 e. The van der Waals surface area contributed by atoms with Gasteiger partial charge in [0.05, 0.1) is 10.2 Å². The minimum absolute atomic E-state index is 0.740. The third-order valence-corrected chi connectivity index (χ3v) is 2.83. The van der Waals surface area contributed by atoms with Crippen LogP contribution in [0.3, 0.4) is 0 Å². The van der Waals surface area contributed by atoms with Gasteiger partial charge in [-0.1, -0.05) is 23.5 Å². The average Bonchev–Trinajstić information content (AvgIpc) is 2.59. The van der Waals surface area contributed by atoms with Crippen LogP contribution in [0, 0.1) is 11.5 Å². The number of thiazole rings is 1. The molecule has 3 nitrogen and oxygen atoms in total. The summed E-state index contributed by atoms with van der Waals surface area (Å²) in [4.78, 5) is 5.77. The van der Waals surface area contributed by atoms with Gasteiger partial charge < -0.3 is 0 Å². The van der Waals surface area contributed by atoms with Crippen LogP contribution in [0.15, 0.2) is 24.3 Å². The van der Waals surface area contributed by atoms with Crippen LogP contribution in [0.25, 0.3) is 10.2 Å². The standard InChI is InChI=1S/C9H7N3S/c1-12(6-10)9-11-7-4-2-3-5-8(7)13-9/h2-5H,1H3. The summed E-state index contributed by atoms with van der Waals surface area (Å²) in [5, 5.41) is 9.40. The molecule has 0 amide bonds. The molecule has 0 unspecified atom stereocenters. The molecule has 1 aromatic heterocycles. The van der Waals surface area contributed by atoms with Crippen molar-refractivity contribution >= 4 is 26.7 Å². The Morgan fingerprint density at radius 3 is 2.92 bits per heavy atom. The Labute approximate surface area is 79.9 Å². The number of anilines is 1. The van der Waals surface area contributed by atoms with Gasteiger partial charge in [-0.15, -0.1) is 0 Å². The molecule has 2 aromatic rings. The Hall–Kier alpha value is -1.60. The van der Waals surface area contributed by atoms with E-state index in [1.54, 1.807) is 7.05 Å². The van der Waals surface area contributed by atoms with Gasteiger partial charge in [-0.25, -0.2) is 4.98 Å². The summed E-state index contributed by atoms with van der Waals surface area (Å²) in [6.07, 6.45) is 2.02. The number of para-hydroxylation sites is 1. The Morgan fingerprint density at radius 1 is 1.46 bits per heavy atom. The van der Waals surface area contributed by atoms with Crippen LogP contribution in [0.5, 0.6) is 0 Å². The second kappa shape index (κ2) is 3.04. The molecule has 0 aliphatic carbocycles. The van der Waals surface area contributed by atoms with Gasteiger partial charge in [-0.2, -0.15) is 5.26 Å². The number of fused-ring (bicyclic) bond motifs is 1. The van der Waals surface area contributed by atoms with Crippen molar-refractivity contribution < 1.29 is 0 Å². The maximum atomic E-state index is 8.66. The Balaban J connectivity index is 2.57. The SMILES string of the molecule is CN(C#N)c1nc2ccccc2s1. The molecular weight excluding hydrogens is 182 g/mol. The summed E-state index contributed by atoms with van der Waals surface area (Å²) in [5.41, 5.74) is 0.949. The fraction of sp³-hybridized carbons (Fsp3) is 0.111. The number of aromatic nitrogens is 1. The van der Waals surface area contributed by atoms with Gasteiger partial charge in [-0.3, -0.25) is 4.90 Å². The molecule has 0 N–H and O–H groups in total. The van der Waals surface area contributed by atoms with Gasteiger partial charge in [0.2, 0.25) is 0 Å². The molecule has 2 rings (SSSR count). The summed E-state index contributed by atoms with van der Waals surface area (Å²) in [6.45, 7) is 0. The largest absolute Gasteiger partial charge is 0.258 e. The lowest BCUT2D eigenvalue weighted by atomic mass is 10.3. The van der Waals surface area contributed by atoms with E-state index in [1.807, 2.05) is 30.5 Å². The van der Waals surface area contributed by atoms with Gasteiger partial charge in [0.25, 0.3) is 0 Å². The number of hydrogen-bond acceptors (Lipinski definition) is 4. The Morgan fingerprint density at radius 2 is 2.23 bits per heavy atom. The maximum absolute atomic E-state index is 8.66. The lowest BCUT2D eigenvalue weighted by molar-refractivity contribution is 1.18. The van der Waals surface area contributed by atoms with Crippen molar-refractivity contribution in [3.05, 3.63) is 24.3 Å². The molecule has 0 fully saturated rings. The van der Waals surface area contributed by atoms with E-state index >= 15 is 0 Å². The first kappa shape index (κ1) is 8.02. The van der Waals surface area contributed by atoms with Crippen LogP contribution in [-0.2, 0) is 0 Å². The fourth-order valence-electron chi connectivity index (χ4n) is 1.05. The van der Waals surface area contributed by atoms with Crippen LogP contribution in [0.2, 0.25) is 0 Å². The molecule has 0 aliphatic rings. The maximum Gasteiger partial charge on any atom is 0.199 e. The van der Waals surface area contributed by atoms with Crippen LogP contribution in [0.4, 0.5) is 5.13 Å². The first-order chi connectivity index (χ1) is 6.31. The lowest BCUT2D eigenvalue weighted by Gasteiger charge is -2.00. The van der Waals surface area contributed by atoms with E-state index in [-0.39, 0.29) is 0 Å². The number of nitrogens with zero attached hydrogens (tertiary/aromatic N) is 3. The highest BCUT2D eigenvalue weighted by Gasteiger charge is 2.05. The topological polar surface area (TPSA) is 39.9 Å². The Bertz CT molecular complexity index is 436. The van der Waals surface area contributed by atoms with Gasteiger partial charge in [-0.05, 0) is 12.1 Å². The van der Waals surface area contributed by atoms with Gasteiger partial charge in [0.1, 0.15) is 0 Å². The van der Waals surface area contributed by atoms with Crippen molar-refractivity contribution in [1.29, 1.82) is 5.26 Å². The number of nitriles is 1. The van der Waals surface area contributed by atoms with E-state index in [2.05, 4.69) is 4.98 Å². The highest BCUT2D eigenvalue weighted by molar-refractivity contribution is 7.22. The molecule has 4 heteroatoms. The summed E-state index contributed by atoms with van der Waals surface area (Å²) < 4.78 is 1.11. The molecule has 1 aromatic carbocycles. The molecule has 0 atom stereocenters. The zero-order chi connectivity index (χ0) is 9.26. The molecule has 0 saturated carbocycles. The van der Waals surface area contributed by atoms with Crippen LogP contribution in [-0.4, -0.2) is 12.0 Å². The molecule has 64 valence electrons. The number of hydrogen-bond donors (Lipinski definition) is 0. The van der Waals surface area contributed by atoms with E-state index in [1.165, 1.54) is 16.2 Å². The smallest absolute Gasteiger partial charge is 0.199 e. The van der Waals surface area contributed by atoms with E-state index < -0.39 is 0 Å². The third kappa shape index (κ3) is 1.34. The first-order valence-electron chi connectivity index (χ1n) is 3.80. The monoisotopic (exact) mass is 189 g/mol. The van der Waals surface area contributed by atoms with Crippen molar-refractivity contribution in [3.8, 4) is 6.19 Å². The first-order valence-corrected chi connectivity index (χ1v) is 4.62. The second-order valence-corrected chi connectivity index (χ2v) is 3.63. The van der Waals surface area contributed by atoms with E-state index in [4.69, 9.17) is 5.26 Å². The minimum atomic E-state index is 0.740. The average molecular weight is 189 g/mol. The molecule has 0 spiro atoms. The normalized spacial score (nSPS) is 9.85. The van der Waals surface area contributed by atoms with Crippen LogP contribution in [0.1, 0.15) is 0 Å². The summed E-state index contributed by atoms with van der Waals surface area (Å²) in [6, 6.07) is 7.86. The van der Waals surface area contributed by atoms with Crippen molar-refractivity contribution in [3.63, 3.8) is 0 Å². The van der Waals surface area contributed by atoms with E-state index in [0.29, 0.717) is 0 Å². The van der Waals surface area contributed by atoms with Crippen LogP contribution >= 0.6 is 11.3 Å². The molecule has 1 heterocycles. The summed E-state index contributed by atoms with van der Waals surface area (Å²) in [5.74, 6) is 0. The Kier molecular flexibility index (Phi) is 1.87.